The molecule has 1 aliphatic heterocycles. The summed E-state index contributed by atoms with van der Waals surface area (Å²) in [5.74, 6) is -0.0483. The second-order valence-electron chi connectivity index (χ2n) is 5.25. The topological polar surface area (TPSA) is 56.1 Å². The first-order valence-corrected chi connectivity index (χ1v) is 7.27. The van der Waals surface area contributed by atoms with Crippen molar-refractivity contribution in [3.8, 4) is 0 Å². The number of nitrogens with one attached hydrogen (secondary N) is 1. The van der Waals surface area contributed by atoms with Crippen LogP contribution >= 0.6 is 0 Å². The average molecular weight is 285 g/mol. The molecule has 110 valence electrons. The van der Waals surface area contributed by atoms with Gasteiger partial charge in [0.2, 0.25) is 0 Å². The normalized spacial score (nSPS) is 17.8. The van der Waals surface area contributed by atoms with E-state index in [0.29, 0.717) is 18.7 Å². The highest BCUT2D eigenvalue weighted by Gasteiger charge is 2.16. The molecule has 1 atom stereocenters. The van der Waals surface area contributed by atoms with Gasteiger partial charge in [0, 0.05) is 31.1 Å². The van der Waals surface area contributed by atoms with Crippen molar-refractivity contribution in [2.75, 3.05) is 13.2 Å². The molecule has 2 heterocycles. The summed E-state index contributed by atoms with van der Waals surface area (Å²) in [6, 6.07) is 9.53. The number of nitrogens with zero attached hydrogens (tertiary/aromatic N) is 2. The molecular weight excluding hydrogens is 266 g/mol. The third-order valence-corrected chi connectivity index (χ3v) is 3.61. The summed E-state index contributed by atoms with van der Waals surface area (Å²) in [5, 5.41) is 7.11. The van der Waals surface area contributed by atoms with Crippen LogP contribution in [0, 0.1) is 0 Å². The van der Waals surface area contributed by atoms with Crippen molar-refractivity contribution in [2.45, 2.75) is 25.5 Å². The average Bonchev–Trinajstić information content (AvgIpc) is 3.18. The fourth-order valence-electron chi connectivity index (χ4n) is 2.51. The molecule has 0 radical (unpaired) electrons. The summed E-state index contributed by atoms with van der Waals surface area (Å²) in [5.41, 5.74) is 1.74. The minimum Gasteiger partial charge on any atom is -0.376 e. The molecule has 0 aliphatic carbocycles. The fourth-order valence-corrected chi connectivity index (χ4v) is 2.51. The van der Waals surface area contributed by atoms with Gasteiger partial charge in [-0.1, -0.05) is 12.1 Å². The number of hydrogen-bond donors (Lipinski definition) is 1. The van der Waals surface area contributed by atoms with E-state index in [2.05, 4.69) is 10.4 Å². The molecule has 0 spiro atoms. The third kappa shape index (κ3) is 3.70. The van der Waals surface area contributed by atoms with Crippen molar-refractivity contribution in [1.29, 1.82) is 0 Å². The molecule has 0 saturated carbocycles. The summed E-state index contributed by atoms with van der Waals surface area (Å²) in [6.45, 7) is 2.06. The zero-order chi connectivity index (χ0) is 14.5. The molecule has 2 aromatic rings. The highest BCUT2D eigenvalue weighted by molar-refractivity contribution is 5.94. The highest BCUT2D eigenvalue weighted by Crippen LogP contribution is 2.11. The Morgan fingerprint density at radius 2 is 2.38 bits per heavy atom. The summed E-state index contributed by atoms with van der Waals surface area (Å²) >= 11 is 0. The van der Waals surface area contributed by atoms with Gasteiger partial charge in [-0.05, 0) is 36.6 Å². The van der Waals surface area contributed by atoms with E-state index in [-0.39, 0.29) is 12.0 Å². The second-order valence-corrected chi connectivity index (χ2v) is 5.25. The van der Waals surface area contributed by atoms with Crippen LogP contribution in [0.3, 0.4) is 0 Å². The van der Waals surface area contributed by atoms with Gasteiger partial charge in [-0.25, -0.2) is 0 Å². The van der Waals surface area contributed by atoms with Crippen molar-refractivity contribution in [3.63, 3.8) is 0 Å². The number of hydrogen-bond acceptors (Lipinski definition) is 3. The summed E-state index contributed by atoms with van der Waals surface area (Å²) < 4.78 is 7.34. The van der Waals surface area contributed by atoms with Gasteiger partial charge in [-0.15, -0.1) is 0 Å². The molecule has 1 aromatic heterocycles. The lowest BCUT2D eigenvalue weighted by Gasteiger charge is -2.11. The first-order chi connectivity index (χ1) is 10.3. The smallest absolute Gasteiger partial charge is 0.251 e. The first-order valence-electron chi connectivity index (χ1n) is 7.27. The van der Waals surface area contributed by atoms with Crippen LogP contribution in [0.15, 0.2) is 42.7 Å². The van der Waals surface area contributed by atoms with Gasteiger partial charge in [-0.3, -0.25) is 9.48 Å². The van der Waals surface area contributed by atoms with Gasteiger partial charge in [0.15, 0.2) is 0 Å². The quantitative estimate of drug-likeness (QED) is 0.912. The minimum atomic E-state index is -0.0483. The van der Waals surface area contributed by atoms with Gasteiger partial charge in [0.25, 0.3) is 5.91 Å². The number of aromatic nitrogens is 2. The maximum atomic E-state index is 12.2. The number of carbonyl (C=O) groups excluding carboxylic acids is 1. The standard InChI is InChI=1S/C16H19N3O2/c20-16(17-11-15-6-2-9-21-15)14-5-1-4-13(10-14)12-19-8-3-7-18-19/h1,3-5,7-8,10,15H,2,6,9,11-12H2,(H,17,20). The zero-order valence-electron chi connectivity index (χ0n) is 11.9. The third-order valence-electron chi connectivity index (χ3n) is 3.61. The van der Waals surface area contributed by atoms with E-state index in [1.165, 1.54) is 0 Å². The molecule has 1 amide bonds. The van der Waals surface area contributed by atoms with Crippen LogP contribution in [0.5, 0.6) is 0 Å². The van der Waals surface area contributed by atoms with Gasteiger partial charge in [0.05, 0.1) is 12.6 Å². The summed E-state index contributed by atoms with van der Waals surface area (Å²) in [6.07, 6.45) is 5.93. The van der Waals surface area contributed by atoms with E-state index in [0.717, 1.165) is 25.0 Å². The Morgan fingerprint density at radius 3 is 3.14 bits per heavy atom. The van der Waals surface area contributed by atoms with Crippen molar-refractivity contribution < 1.29 is 9.53 Å². The van der Waals surface area contributed by atoms with Crippen LogP contribution in [0.4, 0.5) is 0 Å². The van der Waals surface area contributed by atoms with Gasteiger partial charge >= 0.3 is 0 Å². The zero-order valence-corrected chi connectivity index (χ0v) is 11.9. The van der Waals surface area contributed by atoms with Crippen molar-refractivity contribution in [1.82, 2.24) is 15.1 Å². The van der Waals surface area contributed by atoms with Crippen LogP contribution in [-0.4, -0.2) is 34.9 Å². The Balaban J connectivity index is 1.60. The number of benzene rings is 1. The maximum absolute atomic E-state index is 12.2. The molecule has 1 N–H and O–H groups in total. The van der Waals surface area contributed by atoms with E-state index in [1.54, 1.807) is 6.20 Å². The molecule has 1 fully saturated rings. The lowest BCUT2D eigenvalue weighted by atomic mass is 10.1. The van der Waals surface area contributed by atoms with Crippen LogP contribution in [0.1, 0.15) is 28.8 Å². The Labute approximate surface area is 123 Å². The van der Waals surface area contributed by atoms with Crippen LogP contribution in [0.25, 0.3) is 0 Å². The number of ether oxygens (including phenoxy) is 1. The summed E-state index contributed by atoms with van der Waals surface area (Å²) in [7, 11) is 0. The SMILES string of the molecule is O=C(NCC1CCCO1)c1cccc(Cn2cccn2)c1. The van der Waals surface area contributed by atoms with E-state index < -0.39 is 0 Å². The van der Waals surface area contributed by atoms with Crippen molar-refractivity contribution in [3.05, 3.63) is 53.9 Å². The van der Waals surface area contributed by atoms with E-state index in [1.807, 2.05) is 41.2 Å². The first kappa shape index (κ1) is 13.8. The molecule has 5 heteroatoms. The molecule has 1 aliphatic rings. The number of amides is 1. The number of rotatable bonds is 5. The highest BCUT2D eigenvalue weighted by atomic mass is 16.5. The second kappa shape index (κ2) is 6.54. The molecule has 1 aromatic carbocycles. The van der Waals surface area contributed by atoms with Gasteiger partial charge in [-0.2, -0.15) is 5.10 Å². The predicted octanol–water partition coefficient (Wildman–Crippen LogP) is 1.84. The Morgan fingerprint density at radius 1 is 1.43 bits per heavy atom. The molecule has 3 rings (SSSR count). The fraction of sp³-hybridized carbons (Fsp3) is 0.375. The number of carbonyl (C=O) groups is 1. The van der Waals surface area contributed by atoms with Crippen molar-refractivity contribution >= 4 is 5.91 Å². The minimum absolute atomic E-state index is 0.0483. The largest absolute Gasteiger partial charge is 0.376 e. The van der Waals surface area contributed by atoms with Gasteiger partial charge in [0.1, 0.15) is 0 Å². The molecule has 1 unspecified atom stereocenters. The van der Waals surface area contributed by atoms with Crippen molar-refractivity contribution in [2.24, 2.45) is 0 Å². The maximum Gasteiger partial charge on any atom is 0.251 e. The monoisotopic (exact) mass is 285 g/mol. The lowest BCUT2D eigenvalue weighted by molar-refractivity contribution is 0.0857. The Kier molecular flexibility index (Phi) is 4.31. The van der Waals surface area contributed by atoms with Crippen LogP contribution in [0.2, 0.25) is 0 Å². The molecule has 21 heavy (non-hydrogen) atoms. The van der Waals surface area contributed by atoms with E-state index >= 15 is 0 Å². The van der Waals surface area contributed by atoms with Crippen LogP contribution in [-0.2, 0) is 11.3 Å². The Bertz CT molecular complexity index is 589. The Hall–Kier alpha value is -2.14. The summed E-state index contributed by atoms with van der Waals surface area (Å²) in [4.78, 5) is 12.2. The van der Waals surface area contributed by atoms with Gasteiger partial charge < -0.3 is 10.1 Å². The van der Waals surface area contributed by atoms with E-state index in [4.69, 9.17) is 4.74 Å². The lowest BCUT2D eigenvalue weighted by Crippen LogP contribution is -2.31. The van der Waals surface area contributed by atoms with E-state index in [9.17, 15) is 4.79 Å². The molecule has 5 nitrogen and oxygen atoms in total. The molecule has 1 saturated heterocycles. The predicted molar refractivity (Wildman–Crippen MR) is 79.1 cm³/mol. The molecule has 0 bridgehead atoms. The molecular formula is C16H19N3O2. The van der Waals surface area contributed by atoms with Crippen LogP contribution < -0.4 is 5.32 Å².